The molecule has 0 spiro atoms. The van der Waals surface area contributed by atoms with Crippen LogP contribution >= 0.6 is 23.4 Å². The van der Waals surface area contributed by atoms with Gasteiger partial charge in [-0.05, 0) is 18.4 Å². The normalized spacial score (nSPS) is 11.2. The Kier molecular flexibility index (Phi) is 3.23. The van der Waals surface area contributed by atoms with Crippen LogP contribution in [0.2, 0.25) is 5.15 Å². The summed E-state index contributed by atoms with van der Waals surface area (Å²) in [6.07, 6.45) is 3.30. The van der Waals surface area contributed by atoms with Crippen LogP contribution < -0.4 is 0 Å². The number of nitrogens with zero attached hydrogens (tertiary/aromatic N) is 4. The third kappa shape index (κ3) is 2.08. The summed E-state index contributed by atoms with van der Waals surface area (Å²) >= 11 is 7.38. The summed E-state index contributed by atoms with van der Waals surface area (Å²) in [6, 6.07) is 4.03. The highest BCUT2D eigenvalue weighted by molar-refractivity contribution is 7.98. The van der Waals surface area contributed by atoms with E-state index in [0.717, 1.165) is 0 Å². The summed E-state index contributed by atoms with van der Waals surface area (Å²) < 4.78 is 15.0. The van der Waals surface area contributed by atoms with Crippen LogP contribution in [0.4, 0.5) is 4.39 Å². The monoisotopic (exact) mass is 310 g/mol. The molecule has 0 atom stereocenters. The van der Waals surface area contributed by atoms with Gasteiger partial charge in [-0.1, -0.05) is 29.4 Å². The number of thioether (sulfide) groups is 1. The van der Waals surface area contributed by atoms with Crippen LogP contribution in [0.15, 0.2) is 29.6 Å². The van der Waals surface area contributed by atoms with Crippen LogP contribution in [0.5, 0.6) is 5.75 Å². The van der Waals surface area contributed by atoms with Crippen LogP contribution in [-0.4, -0.2) is 31.1 Å². The van der Waals surface area contributed by atoms with Crippen molar-refractivity contribution in [2.45, 2.75) is 5.16 Å². The van der Waals surface area contributed by atoms with Crippen molar-refractivity contribution in [2.24, 2.45) is 0 Å². The third-order valence-corrected chi connectivity index (χ3v) is 3.53. The first-order valence-electron chi connectivity index (χ1n) is 5.55. The minimum Gasteiger partial charge on any atom is -0.506 e. The molecule has 1 N–H and O–H groups in total. The molecule has 3 aromatic rings. The van der Waals surface area contributed by atoms with Crippen LogP contribution in [0.1, 0.15) is 0 Å². The summed E-state index contributed by atoms with van der Waals surface area (Å²) in [5, 5.41) is 15.1. The number of aromatic hydroxyl groups is 1. The number of halogens is 2. The summed E-state index contributed by atoms with van der Waals surface area (Å²) in [4.78, 5) is 8.27. The number of benzene rings is 1. The van der Waals surface area contributed by atoms with Gasteiger partial charge in [0, 0.05) is 6.20 Å². The maximum absolute atomic E-state index is 13.8. The lowest BCUT2D eigenvalue weighted by atomic mass is 10.3. The molecule has 0 aliphatic rings. The lowest BCUT2D eigenvalue weighted by molar-refractivity contribution is 0.462. The molecule has 0 aliphatic carbocycles. The van der Waals surface area contributed by atoms with E-state index < -0.39 is 5.82 Å². The first-order chi connectivity index (χ1) is 9.60. The highest BCUT2D eigenvalue weighted by Crippen LogP contribution is 2.28. The van der Waals surface area contributed by atoms with E-state index in [1.165, 1.54) is 40.8 Å². The second-order valence-electron chi connectivity index (χ2n) is 3.92. The van der Waals surface area contributed by atoms with Crippen molar-refractivity contribution < 1.29 is 9.50 Å². The summed E-state index contributed by atoms with van der Waals surface area (Å²) in [6.45, 7) is 0. The van der Waals surface area contributed by atoms with Crippen LogP contribution in [0, 0.1) is 5.82 Å². The number of hydrogen-bond acceptors (Lipinski definition) is 5. The number of para-hydroxylation sites is 1. The predicted octanol–water partition coefficient (Wildman–Crippen LogP) is 3.04. The van der Waals surface area contributed by atoms with Crippen molar-refractivity contribution in [3.8, 4) is 11.4 Å². The van der Waals surface area contributed by atoms with Crippen LogP contribution in [-0.2, 0) is 0 Å². The molecule has 0 bridgehead atoms. The molecule has 3 rings (SSSR count). The second kappa shape index (κ2) is 4.92. The first kappa shape index (κ1) is 13.1. The van der Waals surface area contributed by atoms with Crippen molar-refractivity contribution in [3.05, 3.63) is 35.4 Å². The molecule has 0 amide bonds. The highest BCUT2D eigenvalue weighted by atomic mass is 35.5. The molecule has 20 heavy (non-hydrogen) atoms. The standard InChI is InChI=1S/C12H8ClFN4OS/c1-20-12-15-10(13)6-5-18(17-11(6)16-12)9-7(14)3-2-4-8(9)19/h2-5,19H,1H3. The number of aromatic nitrogens is 4. The Morgan fingerprint density at radius 2 is 2.15 bits per heavy atom. The number of phenolic OH excluding ortho intramolecular Hbond substituents is 1. The highest BCUT2D eigenvalue weighted by Gasteiger charge is 2.15. The van der Waals surface area contributed by atoms with Gasteiger partial charge in [0.15, 0.2) is 16.6 Å². The number of fused-ring (bicyclic) bond motifs is 1. The lowest BCUT2D eigenvalue weighted by Gasteiger charge is -2.04. The van der Waals surface area contributed by atoms with E-state index in [1.807, 2.05) is 6.26 Å². The molecule has 0 fully saturated rings. The van der Waals surface area contributed by atoms with Gasteiger partial charge in [-0.15, -0.1) is 5.10 Å². The van der Waals surface area contributed by atoms with Gasteiger partial charge in [0.2, 0.25) is 0 Å². The zero-order valence-corrected chi connectivity index (χ0v) is 11.8. The average molecular weight is 311 g/mol. The largest absolute Gasteiger partial charge is 0.506 e. The summed E-state index contributed by atoms with van der Waals surface area (Å²) in [5.41, 5.74) is 0.296. The minimum atomic E-state index is -0.591. The SMILES string of the molecule is CSc1nc(Cl)c2cn(-c3c(O)cccc3F)nc2n1. The van der Waals surface area contributed by atoms with E-state index in [1.54, 1.807) is 0 Å². The molecule has 102 valence electrons. The van der Waals surface area contributed by atoms with Gasteiger partial charge >= 0.3 is 0 Å². The van der Waals surface area contributed by atoms with Gasteiger partial charge in [0.05, 0.1) is 5.39 Å². The molecule has 0 aliphatic heterocycles. The number of hydrogen-bond donors (Lipinski definition) is 1. The van der Waals surface area contributed by atoms with Gasteiger partial charge < -0.3 is 5.11 Å². The maximum Gasteiger partial charge on any atom is 0.190 e. The van der Waals surface area contributed by atoms with E-state index in [2.05, 4.69) is 15.1 Å². The Balaban J connectivity index is 2.26. The van der Waals surface area contributed by atoms with E-state index in [-0.39, 0.29) is 16.6 Å². The Hall–Kier alpha value is -1.86. The molecule has 0 radical (unpaired) electrons. The number of rotatable bonds is 2. The van der Waals surface area contributed by atoms with Crippen molar-refractivity contribution in [1.29, 1.82) is 0 Å². The van der Waals surface area contributed by atoms with Gasteiger partial charge in [0.1, 0.15) is 16.6 Å². The summed E-state index contributed by atoms with van der Waals surface area (Å²) in [5.74, 6) is -0.807. The van der Waals surface area contributed by atoms with Crippen molar-refractivity contribution in [2.75, 3.05) is 6.26 Å². The smallest absolute Gasteiger partial charge is 0.190 e. The fourth-order valence-electron chi connectivity index (χ4n) is 1.79. The molecule has 2 aromatic heterocycles. The van der Waals surface area contributed by atoms with Crippen LogP contribution in [0.25, 0.3) is 16.7 Å². The van der Waals surface area contributed by atoms with E-state index in [9.17, 15) is 9.50 Å². The second-order valence-corrected chi connectivity index (χ2v) is 5.05. The molecule has 1 aromatic carbocycles. The predicted molar refractivity (Wildman–Crippen MR) is 75.1 cm³/mol. The molecule has 8 heteroatoms. The maximum atomic E-state index is 13.8. The first-order valence-corrected chi connectivity index (χ1v) is 7.15. The topological polar surface area (TPSA) is 63.8 Å². The third-order valence-electron chi connectivity index (χ3n) is 2.69. The quantitative estimate of drug-likeness (QED) is 0.448. The zero-order chi connectivity index (χ0) is 14.3. The van der Waals surface area contributed by atoms with Crippen molar-refractivity contribution in [3.63, 3.8) is 0 Å². The van der Waals surface area contributed by atoms with Gasteiger partial charge in [-0.2, -0.15) is 0 Å². The fourth-order valence-corrected chi connectivity index (χ4v) is 2.41. The fraction of sp³-hybridized carbons (Fsp3) is 0.0833. The van der Waals surface area contributed by atoms with Crippen LogP contribution in [0.3, 0.4) is 0 Å². The molecule has 0 saturated heterocycles. The lowest BCUT2D eigenvalue weighted by Crippen LogP contribution is -1.98. The van der Waals surface area contributed by atoms with Gasteiger partial charge in [-0.25, -0.2) is 19.0 Å². The Morgan fingerprint density at radius 1 is 1.35 bits per heavy atom. The van der Waals surface area contributed by atoms with E-state index in [4.69, 9.17) is 11.6 Å². The van der Waals surface area contributed by atoms with Crippen molar-refractivity contribution >= 4 is 34.4 Å². The van der Waals surface area contributed by atoms with Gasteiger partial charge in [-0.3, -0.25) is 0 Å². The Labute approximate surface area is 122 Å². The Bertz CT molecular complexity index is 787. The molecule has 0 saturated carbocycles. The molecular weight excluding hydrogens is 303 g/mol. The number of phenols is 1. The average Bonchev–Trinajstić information content (AvgIpc) is 2.82. The molecular formula is C12H8ClFN4OS. The molecule has 5 nitrogen and oxygen atoms in total. The summed E-state index contributed by atoms with van der Waals surface area (Å²) in [7, 11) is 0. The Morgan fingerprint density at radius 3 is 2.85 bits per heavy atom. The van der Waals surface area contributed by atoms with Crippen molar-refractivity contribution in [1.82, 2.24) is 19.7 Å². The molecule has 0 unspecified atom stereocenters. The zero-order valence-electron chi connectivity index (χ0n) is 10.2. The van der Waals surface area contributed by atoms with E-state index in [0.29, 0.717) is 16.2 Å². The minimum absolute atomic E-state index is 0.0488. The molecule has 2 heterocycles. The van der Waals surface area contributed by atoms with Gasteiger partial charge in [0.25, 0.3) is 0 Å². The van der Waals surface area contributed by atoms with E-state index >= 15 is 0 Å².